The molecule has 1 aromatic carbocycles. The Hall–Kier alpha value is -0.860. The summed E-state index contributed by atoms with van der Waals surface area (Å²) in [6, 6.07) is 9.05. The van der Waals surface area contributed by atoms with Crippen molar-refractivity contribution < 1.29 is 4.48 Å². The summed E-state index contributed by atoms with van der Waals surface area (Å²) < 4.78 is 1.07. The van der Waals surface area contributed by atoms with Gasteiger partial charge in [0.1, 0.15) is 6.54 Å². The molecule has 1 rings (SSSR count). The van der Waals surface area contributed by atoms with E-state index in [9.17, 15) is 0 Å². The van der Waals surface area contributed by atoms with Gasteiger partial charge in [0.15, 0.2) is 0 Å². The van der Waals surface area contributed by atoms with E-state index in [1.54, 1.807) is 0 Å². The number of benzene rings is 1. The minimum atomic E-state index is 1.02. The molecule has 17 heavy (non-hydrogen) atoms. The minimum absolute atomic E-state index is 1.02. The fourth-order valence-corrected chi connectivity index (χ4v) is 2.29. The second-order valence-corrected chi connectivity index (χ2v) is 5.87. The zero-order valence-electron chi connectivity index (χ0n) is 12.0. The first-order chi connectivity index (χ1) is 7.93. The quantitative estimate of drug-likeness (QED) is 0.685. The second-order valence-electron chi connectivity index (χ2n) is 5.87. The molecule has 0 aliphatic heterocycles. The van der Waals surface area contributed by atoms with Gasteiger partial charge >= 0.3 is 0 Å². The van der Waals surface area contributed by atoms with Crippen LogP contribution >= 0.6 is 0 Å². The molecule has 0 fully saturated rings. The molecule has 2 nitrogen and oxygen atoms in total. The van der Waals surface area contributed by atoms with E-state index < -0.39 is 0 Å². The highest BCUT2D eigenvalue weighted by molar-refractivity contribution is 5.21. The average Bonchev–Trinajstić information content (AvgIpc) is 2.19. The minimum Gasteiger partial charge on any atom is -0.325 e. The molecule has 0 unspecified atom stereocenters. The van der Waals surface area contributed by atoms with Crippen LogP contribution in [0.1, 0.15) is 24.5 Å². The van der Waals surface area contributed by atoms with Crippen molar-refractivity contribution in [2.24, 2.45) is 0 Å². The Morgan fingerprint density at radius 3 is 2.00 bits per heavy atom. The number of hydrogen-bond donors (Lipinski definition) is 0. The van der Waals surface area contributed by atoms with Gasteiger partial charge in [-0.25, -0.2) is 0 Å². The van der Waals surface area contributed by atoms with Crippen LogP contribution in [0.4, 0.5) is 0 Å². The Balaban J connectivity index is 2.62. The summed E-state index contributed by atoms with van der Waals surface area (Å²) in [7, 11) is 8.82. The van der Waals surface area contributed by atoms with Gasteiger partial charge < -0.3 is 9.38 Å². The summed E-state index contributed by atoms with van der Waals surface area (Å²) in [5, 5.41) is 0. The molecular weight excluding hydrogens is 208 g/mol. The molecule has 0 atom stereocenters. The molecule has 0 radical (unpaired) electrons. The molecule has 1 aromatic rings. The van der Waals surface area contributed by atoms with Crippen LogP contribution in [-0.2, 0) is 13.1 Å². The van der Waals surface area contributed by atoms with Crippen LogP contribution in [0, 0.1) is 0 Å². The van der Waals surface area contributed by atoms with E-state index in [4.69, 9.17) is 0 Å². The van der Waals surface area contributed by atoms with Crippen molar-refractivity contribution in [2.75, 3.05) is 34.7 Å². The van der Waals surface area contributed by atoms with E-state index in [2.05, 4.69) is 64.3 Å². The van der Waals surface area contributed by atoms with Gasteiger partial charge in [-0.1, -0.05) is 31.2 Å². The predicted octanol–water partition coefficient (Wildman–Crippen LogP) is 2.73. The fraction of sp³-hybridized carbons (Fsp3) is 0.600. The lowest BCUT2D eigenvalue weighted by atomic mass is 10.1. The maximum atomic E-state index is 2.30. The number of nitrogens with zero attached hydrogens (tertiary/aromatic N) is 2. The molecule has 0 aliphatic carbocycles. The van der Waals surface area contributed by atoms with E-state index in [1.807, 2.05) is 0 Å². The van der Waals surface area contributed by atoms with Gasteiger partial charge in [-0.2, -0.15) is 0 Å². The van der Waals surface area contributed by atoms with Gasteiger partial charge in [-0.05, 0) is 26.1 Å². The highest BCUT2D eigenvalue weighted by Gasteiger charge is 2.13. The van der Waals surface area contributed by atoms with Crippen molar-refractivity contribution in [1.29, 1.82) is 0 Å². The Kier molecular flexibility index (Phi) is 5.16. The second kappa shape index (κ2) is 6.18. The summed E-state index contributed by atoms with van der Waals surface area (Å²) in [6.45, 7) is 5.63. The maximum absolute atomic E-state index is 2.30. The van der Waals surface area contributed by atoms with E-state index >= 15 is 0 Å². The van der Waals surface area contributed by atoms with Crippen molar-refractivity contribution >= 4 is 0 Å². The Morgan fingerprint density at radius 2 is 1.53 bits per heavy atom. The van der Waals surface area contributed by atoms with Crippen LogP contribution in [0.25, 0.3) is 0 Å². The summed E-state index contributed by atoms with van der Waals surface area (Å²) in [6.07, 6.45) is 1.24. The summed E-state index contributed by atoms with van der Waals surface area (Å²) in [5.41, 5.74) is 2.82. The van der Waals surface area contributed by atoms with Gasteiger partial charge in [0, 0.05) is 12.1 Å². The summed E-state index contributed by atoms with van der Waals surface area (Å²) in [5.74, 6) is 0. The lowest BCUT2D eigenvalue weighted by Crippen LogP contribution is -2.39. The Morgan fingerprint density at radius 1 is 1.00 bits per heavy atom. The third-order valence-corrected chi connectivity index (χ3v) is 2.96. The molecule has 0 saturated carbocycles. The van der Waals surface area contributed by atoms with Crippen molar-refractivity contribution in [2.45, 2.75) is 26.4 Å². The van der Waals surface area contributed by atoms with Crippen LogP contribution in [0.15, 0.2) is 24.3 Å². The van der Waals surface area contributed by atoms with Gasteiger partial charge in [0.05, 0.1) is 20.6 Å². The van der Waals surface area contributed by atoms with Crippen LogP contribution in [-0.4, -0.2) is 44.1 Å². The lowest BCUT2D eigenvalue weighted by molar-refractivity contribution is -0.903. The van der Waals surface area contributed by atoms with E-state index in [0.29, 0.717) is 0 Å². The molecule has 0 spiro atoms. The standard InChI is InChI=1S/C15H27N2/c1-6-11-17(4,5)13-15-9-7-14(8-10-15)12-16(2)3/h7-10H,6,11-13H2,1-5H3/q+1. The molecule has 0 aromatic heterocycles. The Bertz CT molecular complexity index is 325. The zero-order chi connectivity index (χ0) is 12.9. The topological polar surface area (TPSA) is 3.24 Å². The molecule has 2 heteroatoms. The van der Waals surface area contributed by atoms with Gasteiger partial charge in [0.25, 0.3) is 0 Å². The summed E-state index contributed by atoms with van der Waals surface area (Å²) >= 11 is 0. The molecule has 0 bridgehead atoms. The maximum Gasteiger partial charge on any atom is 0.104 e. The smallest absolute Gasteiger partial charge is 0.104 e. The molecule has 0 N–H and O–H groups in total. The number of quaternary nitrogens is 1. The number of hydrogen-bond acceptors (Lipinski definition) is 1. The molecule has 0 amide bonds. The van der Waals surface area contributed by atoms with Gasteiger partial charge in [-0.3, -0.25) is 0 Å². The molecule has 0 saturated heterocycles. The largest absolute Gasteiger partial charge is 0.325 e. The van der Waals surface area contributed by atoms with Gasteiger partial charge in [0.2, 0.25) is 0 Å². The molecule has 0 heterocycles. The summed E-state index contributed by atoms with van der Waals surface area (Å²) in [4.78, 5) is 2.20. The molecular formula is C15H27N2+. The lowest BCUT2D eigenvalue weighted by Gasteiger charge is -2.29. The van der Waals surface area contributed by atoms with E-state index in [-0.39, 0.29) is 0 Å². The van der Waals surface area contributed by atoms with Crippen LogP contribution < -0.4 is 0 Å². The highest BCUT2D eigenvalue weighted by atomic mass is 15.3. The number of rotatable bonds is 6. The first-order valence-electron chi connectivity index (χ1n) is 6.47. The van der Waals surface area contributed by atoms with E-state index in [0.717, 1.165) is 17.6 Å². The van der Waals surface area contributed by atoms with Crippen LogP contribution in [0.2, 0.25) is 0 Å². The monoisotopic (exact) mass is 235 g/mol. The normalized spacial score (nSPS) is 12.1. The Labute approximate surface area is 106 Å². The molecule has 96 valence electrons. The third-order valence-electron chi connectivity index (χ3n) is 2.96. The predicted molar refractivity (Wildman–Crippen MR) is 74.8 cm³/mol. The fourth-order valence-electron chi connectivity index (χ4n) is 2.29. The van der Waals surface area contributed by atoms with Crippen molar-refractivity contribution in [3.05, 3.63) is 35.4 Å². The average molecular weight is 235 g/mol. The first-order valence-corrected chi connectivity index (χ1v) is 6.47. The first kappa shape index (κ1) is 14.2. The van der Waals surface area contributed by atoms with Crippen LogP contribution in [0.5, 0.6) is 0 Å². The van der Waals surface area contributed by atoms with Crippen LogP contribution in [0.3, 0.4) is 0 Å². The van der Waals surface area contributed by atoms with E-state index in [1.165, 1.54) is 24.1 Å². The highest BCUT2D eigenvalue weighted by Crippen LogP contribution is 2.12. The zero-order valence-corrected chi connectivity index (χ0v) is 12.0. The van der Waals surface area contributed by atoms with Gasteiger partial charge in [-0.15, -0.1) is 0 Å². The van der Waals surface area contributed by atoms with Crippen molar-refractivity contribution in [1.82, 2.24) is 4.90 Å². The SMILES string of the molecule is CCC[N+](C)(C)Cc1ccc(CN(C)C)cc1. The van der Waals surface area contributed by atoms with Crippen molar-refractivity contribution in [3.8, 4) is 0 Å². The third kappa shape index (κ3) is 5.33. The van der Waals surface area contributed by atoms with Crippen molar-refractivity contribution in [3.63, 3.8) is 0 Å². The molecule has 0 aliphatic rings.